The predicted octanol–water partition coefficient (Wildman–Crippen LogP) is 0.452. The highest BCUT2D eigenvalue weighted by atomic mass is 33.5. The first kappa shape index (κ1) is 16.4. The topological polar surface area (TPSA) is 98.0 Å². The third-order valence-corrected chi connectivity index (χ3v) is 6.98. The molecule has 0 aliphatic carbocycles. The van der Waals surface area contributed by atoms with Gasteiger partial charge in [0.1, 0.15) is 5.75 Å². The van der Waals surface area contributed by atoms with Crippen molar-refractivity contribution >= 4 is 37.4 Å². The molecule has 0 amide bonds. The highest BCUT2D eigenvalue weighted by Crippen LogP contribution is 2.46. The zero-order chi connectivity index (χ0) is 12.6. The van der Waals surface area contributed by atoms with Gasteiger partial charge in [0.2, 0.25) is 0 Å². The quantitative estimate of drug-likeness (QED) is 0.359. The van der Waals surface area contributed by atoms with Crippen LogP contribution in [-0.4, -0.2) is 56.7 Å². The molecule has 16 heavy (non-hydrogen) atoms. The zero-order valence-electron chi connectivity index (χ0n) is 8.83. The fraction of sp³-hybridized carbons (Fsp3) is 0.875. The molecule has 5 nitrogen and oxygen atoms in total. The SMILES string of the molecule is CC(CO)C(CO)(CO)SSSCC(=O)O. The van der Waals surface area contributed by atoms with Crippen molar-refractivity contribution in [2.75, 3.05) is 25.6 Å². The lowest BCUT2D eigenvalue weighted by molar-refractivity contribution is -0.133. The van der Waals surface area contributed by atoms with Gasteiger partial charge in [0.25, 0.3) is 0 Å². The molecular weight excluding hydrogens is 272 g/mol. The van der Waals surface area contributed by atoms with Gasteiger partial charge in [-0.1, -0.05) is 28.5 Å². The van der Waals surface area contributed by atoms with Crippen LogP contribution in [0.15, 0.2) is 0 Å². The molecule has 4 N–H and O–H groups in total. The van der Waals surface area contributed by atoms with E-state index in [-0.39, 0.29) is 31.5 Å². The third kappa shape index (κ3) is 5.15. The Morgan fingerprint density at radius 1 is 1.31 bits per heavy atom. The minimum absolute atomic E-state index is 0.0435. The van der Waals surface area contributed by atoms with E-state index < -0.39 is 10.7 Å². The van der Waals surface area contributed by atoms with E-state index in [1.165, 1.54) is 20.6 Å². The van der Waals surface area contributed by atoms with E-state index in [0.717, 1.165) is 10.8 Å². The average Bonchev–Trinajstić information content (AvgIpc) is 2.29. The number of carboxylic acid groups (broad SMARTS) is 1. The second-order valence-electron chi connectivity index (χ2n) is 3.27. The number of hydrogen-bond donors (Lipinski definition) is 4. The molecule has 0 aromatic rings. The maximum absolute atomic E-state index is 10.3. The average molecular weight is 288 g/mol. The molecule has 96 valence electrons. The van der Waals surface area contributed by atoms with E-state index in [0.29, 0.717) is 0 Å². The first-order valence-electron chi connectivity index (χ1n) is 4.54. The Kier molecular flexibility index (Phi) is 8.70. The molecule has 8 heteroatoms. The van der Waals surface area contributed by atoms with Crippen molar-refractivity contribution in [3.05, 3.63) is 0 Å². The van der Waals surface area contributed by atoms with Crippen molar-refractivity contribution < 1.29 is 25.2 Å². The van der Waals surface area contributed by atoms with Crippen LogP contribution in [0.2, 0.25) is 0 Å². The number of aliphatic hydroxyl groups excluding tert-OH is 3. The Labute approximate surface area is 106 Å². The van der Waals surface area contributed by atoms with Crippen molar-refractivity contribution in [2.24, 2.45) is 5.92 Å². The van der Waals surface area contributed by atoms with Crippen LogP contribution in [0.5, 0.6) is 0 Å². The summed E-state index contributed by atoms with van der Waals surface area (Å²) >= 11 is 0. The highest BCUT2D eigenvalue weighted by Gasteiger charge is 2.36. The van der Waals surface area contributed by atoms with Gasteiger partial charge in [-0.25, -0.2) is 0 Å². The first-order valence-corrected chi connectivity index (χ1v) is 8.19. The fourth-order valence-corrected chi connectivity index (χ4v) is 5.40. The van der Waals surface area contributed by atoms with Crippen molar-refractivity contribution in [3.8, 4) is 0 Å². The van der Waals surface area contributed by atoms with Gasteiger partial charge in [-0.05, 0) is 15.7 Å². The van der Waals surface area contributed by atoms with Crippen LogP contribution in [0.1, 0.15) is 6.92 Å². The molecule has 0 aromatic heterocycles. The van der Waals surface area contributed by atoms with Crippen molar-refractivity contribution in [3.63, 3.8) is 0 Å². The number of carbonyl (C=O) groups is 1. The van der Waals surface area contributed by atoms with Crippen LogP contribution in [-0.2, 0) is 4.79 Å². The number of carboxylic acids is 1. The van der Waals surface area contributed by atoms with Crippen LogP contribution < -0.4 is 0 Å². The zero-order valence-corrected chi connectivity index (χ0v) is 11.3. The Morgan fingerprint density at radius 3 is 2.25 bits per heavy atom. The van der Waals surface area contributed by atoms with E-state index in [9.17, 15) is 15.0 Å². The van der Waals surface area contributed by atoms with E-state index >= 15 is 0 Å². The fourth-order valence-electron chi connectivity index (χ4n) is 0.829. The van der Waals surface area contributed by atoms with Crippen molar-refractivity contribution in [1.82, 2.24) is 0 Å². The minimum atomic E-state index is -0.910. The van der Waals surface area contributed by atoms with Crippen molar-refractivity contribution in [2.45, 2.75) is 11.7 Å². The second kappa shape index (κ2) is 8.48. The standard InChI is InChI=1S/C8H16O5S3/c1-6(2-9)8(4-10,5-11)15-16-14-3-7(12)13/h6,9-11H,2-5H2,1H3,(H,12,13). The van der Waals surface area contributed by atoms with E-state index in [1.807, 2.05) is 0 Å². The lowest BCUT2D eigenvalue weighted by Gasteiger charge is -2.33. The maximum atomic E-state index is 10.3. The number of hydrogen-bond acceptors (Lipinski definition) is 7. The molecule has 0 rings (SSSR count). The molecule has 0 heterocycles. The van der Waals surface area contributed by atoms with Gasteiger partial charge in [0.05, 0.1) is 18.0 Å². The third-order valence-electron chi connectivity index (χ3n) is 2.14. The molecule has 1 atom stereocenters. The van der Waals surface area contributed by atoms with Crippen LogP contribution in [0.3, 0.4) is 0 Å². The van der Waals surface area contributed by atoms with Crippen LogP contribution in [0.4, 0.5) is 0 Å². The maximum Gasteiger partial charge on any atom is 0.314 e. The van der Waals surface area contributed by atoms with E-state index in [2.05, 4.69) is 0 Å². The highest BCUT2D eigenvalue weighted by molar-refractivity contribution is 9.09. The van der Waals surface area contributed by atoms with Crippen LogP contribution >= 0.6 is 31.4 Å². The Hall–Kier alpha value is 0.400. The second-order valence-corrected chi connectivity index (χ2v) is 7.75. The molecule has 0 aliphatic rings. The van der Waals surface area contributed by atoms with Crippen LogP contribution in [0.25, 0.3) is 0 Å². The summed E-state index contributed by atoms with van der Waals surface area (Å²) in [5, 5.41) is 36.0. The van der Waals surface area contributed by atoms with Crippen LogP contribution in [0, 0.1) is 5.92 Å². The molecule has 0 saturated heterocycles. The Morgan fingerprint density at radius 2 is 1.88 bits per heavy atom. The lowest BCUT2D eigenvalue weighted by Crippen LogP contribution is -2.41. The molecule has 0 saturated carbocycles. The molecule has 0 fully saturated rings. The Bertz CT molecular complexity index is 210. The molecule has 0 aromatic carbocycles. The molecule has 1 unspecified atom stereocenters. The first-order chi connectivity index (χ1) is 7.52. The number of aliphatic hydroxyl groups is 3. The smallest absolute Gasteiger partial charge is 0.314 e. The molecule has 0 aliphatic heterocycles. The lowest BCUT2D eigenvalue weighted by atomic mass is 9.95. The van der Waals surface area contributed by atoms with Crippen molar-refractivity contribution in [1.29, 1.82) is 0 Å². The Balaban J connectivity index is 4.17. The van der Waals surface area contributed by atoms with E-state index in [4.69, 9.17) is 10.2 Å². The van der Waals surface area contributed by atoms with Gasteiger partial charge in [-0.2, -0.15) is 0 Å². The summed E-state index contributed by atoms with van der Waals surface area (Å²) in [5.41, 5.74) is 0. The molecule has 0 radical (unpaired) electrons. The summed E-state index contributed by atoms with van der Waals surface area (Å²) in [7, 11) is 3.53. The van der Waals surface area contributed by atoms with E-state index in [1.54, 1.807) is 6.92 Å². The van der Waals surface area contributed by atoms with Gasteiger partial charge in [0.15, 0.2) is 0 Å². The summed E-state index contributed by atoms with van der Waals surface area (Å²) in [4.78, 5) is 10.3. The summed E-state index contributed by atoms with van der Waals surface area (Å²) in [6.07, 6.45) is 0. The molecule has 0 spiro atoms. The van der Waals surface area contributed by atoms with Gasteiger partial charge in [-0.15, -0.1) is 0 Å². The van der Waals surface area contributed by atoms with Gasteiger partial charge in [0, 0.05) is 6.61 Å². The summed E-state index contributed by atoms with van der Waals surface area (Å²) in [6.45, 7) is 1.05. The van der Waals surface area contributed by atoms with Gasteiger partial charge >= 0.3 is 5.97 Å². The summed E-state index contributed by atoms with van der Waals surface area (Å²) in [6, 6.07) is 0. The largest absolute Gasteiger partial charge is 0.481 e. The summed E-state index contributed by atoms with van der Waals surface area (Å²) < 4.78 is -0.842. The minimum Gasteiger partial charge on any atom is -0.481 e. The number of aliphatic carboxylic acids is 1. The number of rotatable bonds is 9. The predicted molar refractivity (Wildman–Crippen MR) is 68.4 cm³/mol. The monoisotopic (exact) mass is 288 g/mol. The van der Waals surface area contributed by atoms with Gasteiger partial charge in [-0.3, -0.25) is 4.79 Å². The normalized spacial score (nSPS) is 13.8. The molecule has 0 bridgehead atoms. The van der Waals surface area contributed by atoms with Gasteiger partial charge < -0.3 is 20.4 Å². The molecular formula is C8H16O5S3. The summed E-state index contributed by atoms with van der Waals surface area (Å²) in [5.74, 6) is -1.23.